The molecule has 0 aromatic heterocycles. The van der Waals surface area contributed by atoms with Crippen LogP contribution in [0.1, 0.15) is 25.3 Å². The van der Waals surface area contributed by atoms with Gasteiger partial charge in [0.2, 0.25) is 0 Å². The average molecular weight is 297 g/mol. The molecule has 90 valence electrons. The van der Waals surface area contributed by atoms with Crippen LogP contribution in [0.25, 0.3) is 6.08 Å². The molecule has 1 unspecified atom stereocenters. The Hall–Kier alpha value is -1.29. The van der Waals surface area contributed by atoms with Gasteiger partial charge in [0, 0.05) is 22.0 Å². The molecule has 3 nitrogen and oxygen atoms in total. The third-order valence-electron chi connectivity index (χ3n) is 2.77. The minimum atomic E-state index is -0.875. The molecule has 0 radical (unpaired) electrons. The Bertz CT molecular complexity index is 480. The largest absolute Gasteiger partial charge is 0.489 e. The maximum absolute atomic E-state index is 11.1. The molecule has 1 aromatic rings. The number of fused-ring (bicyclic) bond motifs is 1. The molecule has 17 heavy (non-hydrogen) atoms. The maximum Gasteiger partial charge on any atom is 0.331 e. The predicted molar refractivity (Wildman–Crippen MR) is 69.1 cm³/mol. The van der Waals surface area contributed by atoms with Crippen molar-refractivity contribution < 1.29 is 14.6 Å². The summed E-state index contributed by atoms with van der Waals surface area (Å²) in [5.74, 6) is -0.129. The fraction of sp³-hybridized carbons (Fsp3) is 0.308. The molecule has 0 saturated carbocycles. The van der Waals surface area contributed by atoms with Crippen molar-refractivity contribution in [3.05, 3.63) is 33.8 Å². The molecule has 0 bridgehead atoms. The molecule has 1 atom stereocenters. The summed E-state index contributed by atoms with van der Waals surface area (Å²) >= 11 is 3.37. The lowest BCUT2D eigenvalue weighted by molar-refractivity contribution is -0.132. The van der Waals surface area contributed by atoms with Crippen molar-refractivity contribution in [1.82, 2.24) is 0 Å². The van der Waals surface area contributed by atoms with Gasteiger partial charge in [-0.25, -0.2) is 4.79 Å². The number of halogens is 1. The Labute approximate surface area is 108 Å². The zero-order valence-corrected chi connectivity index (χ0v) is 11.0. The predicted octanol–water partition coefficient (Wildman–Crippen LogP) is 3.48. The number of hydrogen-bond acceptors (Lipinski definition) is 2. The normalized spacial score (nSPS) is 18.7. The Morgan fingerprint density at radius 1 is 1.59 bits per heavy atom. The van der Waals surface area contributed by atoms with Crippen LogP contribution in [0, 0.1) is 0 Å². The van der Waals surface area contributed by atoms with Gasteiger partial charge in [0.15, 0.2) is 0 Å². The van der Waals surface area contributed by atoms with Crippen LogP contribution < -0.4 is 4.74 Å². The van der Waals surface area contributed by atoms with Crippen molar-refractivity contribution in [2.24, 2.45) is 0 Å². The number of aliphatic carboxylic acids is 1. The molecule has 0 spiro atoms. The molecule has 1 heterocycles. The van der Waals surface area contributed by atoms with E-state index in [4.69, 9.17) is 9.84 Å². The van der Waals surface area contributed by atoms with Gasteiger partial charge in [-0.1, -0.05) is 22.9 Å². The van der Waals surface area contributed by atoms with E-state index in [2.05, 4.69) is 15.9 Å². The summed E-state index contributed by atoms with van der Waals surface area (Å²) in [6.45, 7) is 1.99. The van der Waals surface area contributed by atoms with E-state index in [1.807, 2.05) is 25.1 Å². The first-order valence-electron chi connectivity index (χ1n) is 5.50. The molecule has 1 aromatic carbocycles. The van der Waals surface area contributed by atoms with Gasteiger partial charge in [0.1, 0.15) is 11.9 Å². The number of carboxylic acids is 1. The van der Waals surface area contributed by atoms with E-state index in [9.17, 15) is 4.79 Å². The second-order valence-corrected chi connectivity index (χ2v) is 4.92. The van der Waals surface area contributed by atoms with Gasteiger partial charge >= 0.3 is 5.97 Å². The topological polar surface area (TPSA) is 46.5 Å². The smallest absolute Gasteiger partial charge is 0.331 e. The molecular formula is C13H13BrO3. The van der Waals surface area contributed by atoms with E-state index in [0.29, 0.717) is 12.0 Å². The van der Waals surface area contributed by atoms with Crippen molar-refractivity contribution in [3.8, 4) is 5.75 Å². The highest BCUT2D eigenvalue weighted by molar-refractivity contribution is 9.10. The highest BCUT2D eigenvalue weighted by atomic mass is 79.9. The van der Waals surface area contributed by atoms with Gasteiger partial charge in [-0.15, -0.1) is 0 Å². The molecule has 0 amide bonds. The van der Waals surface area contributed by atoms with Gasteiger partial charge < -0.3 is 9.84 Å². The lowest BCUT2D eigenvalue weighted by Gasteiger charge is -2.16. The number of benzene rings is 1. The second kappa shape index (κ2) is 4.92. The van der Waals surface area contributed by atoms with Crippen LogP contribution in [0.5, 0.6) is 5.75 Å². The van der Waals surface area contributed by atoms with Crippen molar-refractivity contribution in [2.75, 3.05) is 0 Å². The Morgan fingerprint density at radius 3 is 3.00 bits per heavy atom. The first-order valence-corrected chi connectivity index (χ1v) is 6.29. The minimum Gasteiger partial charge on any atom is -0.489 e. The second-order valence-electron chi connectivity index (χ2n) is 4.01. The first kappa shape index (κ1) is 12.2. The van der Waals surface area contributed by atoms with Crippen LogP contribution in [-0.4, -0.2) is 17.2 Å². The zero-order valence-electron chi connectivity index (χ0n) is 9.44. The summed E-state index contributed by atoms with van der Waals surface area (Å²) in [5, 5.41) is 9.14. The third kappa shape index (κ3) is 2.69. The molecular weight excluding hydrogens is 284 g/mol. The van der Waals surface area contributed by atoms with Gasteiger partial charge in [0.05, 0.1) is 0 Å². The third-order valence-corrected chi connectivity index (χ3v) is 3.27. The number of rotatable bonds is 2. The lowest BCUT2D eigenvalue weighted by atomic mass is 10.1. The number of ether oxygens (including phenoxy) is 1. The molecule has 1 N–H and O–H groups in total. The van der Waals surface area contributed by atoms with Crippen LogP contribution in [-0.2, 0) is 4.79 Å². The van der Waals surface area contributed by atoms with Crippen molar-refractivity contribution >= 4 is 28.0 Å². The highest BCUT2D eigenvalue weighted by Gasteiger charge is 2.21. The molecule has 0 fully saturated rings. The van der Waals surface area contributed by atoms with E-state index in [0.717, 1.165) is 22.2 Å². The van der Waals surface area contributed by atoms with E-state index < -0.39 is 5.97 Å². The maximum atomic E-state index is 11.1. The summed E-state index contributed by atoms with van der Waals surface area (Å²) in [6, 6.07) is 5.63. The van der Waals surface area contributed by atoms with Crippen molar-refractivity contribution in [3.63, 3.8) is 0 Å². The fourth-order valence-corrected chi connectivity index (χ4v) is 2.21. The van der Waals surface area contributed by atoms with Gasteiger partial charge in [-0.05, 0) is 30.7 Å². The Kier molecular flexibility index (Phi) is 3.52. The van der Waals surface area contributed by atoms with Crippen LogP contribution in [0.4, 0.5) is 0 Å². The number of hydrogen-bond donors (Lipinski definition) is 1. The monoisotopic (exact) mass is 296 g/mol. The standard InChI is InChI=1S/C13H13BrO3/c1-2-11-7-9(13(15)16)5-8-6-10(14)3-4-12(8)17-11/h3-6,11H,2,7H2,1H3,(H,15,16). The van der Waals surface area contributed by atoms with E-state index in [-0.39, 0.29) is 6.10 Å². The van der Waals surface area contributed by atoms with Crippen LogP contribution in [0.3, 0.4) is 0 Å². The van der Waals surface area contributed by atoms with Crippen LogP contribution in [0.2, 0.25) is 0 Å². The van der Waals surface area contributed by atoms with E-state index in [1.165, 1.54) is 0 Å². The van der Waals surface area contributed by atoms with Gasteiger partial charge in [-0.3, -0.25) is 0 Å². The van der Waals surface area contributed by atoms with Gasteiger partial charge in [0.25, 0.3) is 0 Å². The van der Waals surface area contributed by atoms with Crippen molar-refractivity contribution in [2.45, 2.75) is 25.9 Å². The summed E-state index contributed by atoms with van der Waals surface area (Å²) in [5.41, 5.74) is 1.21. The SMILES string of the molecule is CCC1CC(C(=O)O)=Cc2cc(Br)ccc2O1. The number of carbonyl (C=O) groups is 1. The summed E-state index contributed by atoms with van der Waals surface area (Å²) in [7, 11) is 0. The number of carboxylic acid groups (broad SMARTS) is 1. The van der Waals surface area contributed by atoms with Crippen LogP contribution >= 0.6 is 15.9 Å². The zero-order chi connectivity index (χ0) is 12.4. The molecule has 1 aliphatic rings. The molecule has 1 aliphatic heterocycles. The molecule has 2 rings (SSSR count). The molecule has 0 aliphatic carbocycles. The molecule has 0 saturated heterocycles. The van der Waals surface area contributed by atoms with E-state index >= 15 is 0 Å². The molecule has 4 heteroatoms. The van der Waals surface area contributed by atoms with Crippen molar-refractivity contribution in [1.29, 1.82) is 0 Å². The summed E-state index contributed by atoms with van der Waals surface area (Å²) < 4.78 is 6.72. The summed E-state index contributed by atoms with van der Waals surface area (Å²) in [4.78, 5) is 11.1. The quantitative estimate of drug-likeness (QED) is 0.909. The average Bonchev–Trinajstić information content (AvgIpc) is 2.47. The Balaban J connectivity index is 2.48. The lowest BCUT2D eigenvalue weighted by Crippen LogP contribution is -2.17. The summed E-state index contributed by atoms with van der Waals surface area (Å²) in [6.07, 6.45) is 2.86. The Morgan fingerprint density at radius 2 is 2.35 bits per heavy atom. The fourth-order valence-electron chi connectivity index (χ4n) is 1.83. The first-order chi connectivity index (χ1) is 8.10. The van der Waals surface area contributed by atoms with Gasteiger partial charge in [-0.2, -0.15) is 0 Å². The van der Waals surface area contributed by atoms with Crippen LogP contribution in [0.15, 0.2) is 28.2 Å². The van der Waals surface area contributed by atoms with E-state index in [1.54, 1.807) is 6.08 Å². The minimum absolute atomic E-state index is 0.0697. The highest BCUT2D eigenvalue weighted by Crippen LogP contribution is 2.31.